The van der Waals surface area contributed by atoms with Crippen LogP contribution >= 0.6 is 0 Å². The zero-order valence-electron chi connectivity index (χ0n) is 12.7. The quantitative estimate of drug-likeness (QED) is 0.863. The first-order valence-electron chi connectivity index (χ1n) is 7.68. The summed E-state index contributed by atoms with van der Waals surface area (Å²) in [5.74, 6) is 0.700. The molecule has 2 atom stereocenters. The molecule has 0 aromatic heterocycles. The van der Waals surface area contributed by atoms with Crippen molar-refractivity contribution in [3.63, 3.8) is 0 Å². The average molecular weight is 297 g/mol. The Kier molecular flexibility index (Phi) is 6.65. The van der Waals surface area contributed by atoms with Gasteiger partial charge in [0.15, 0.2) is 0 Å². The van der Waals surface area contributed by atoms with Crippen LogP contribution in [0.3, 0.4) is 0 Å². The number of benzene rings is 2. The summed E-state index contributed by atoms with van der Waals surface area (Å²) in [6, 6.07) is 21.4. The van der Waals surface area contributed by atoms with Crippen LogP contribution in [0, 0.1) is 5.92 Å². The van der Waals surface area contributed by atoms with E-state index in [2.05, 4.69) is 66.4 Å². The SMILES string of the molecule is NC=O.c1ccc(CCC2OCC2Cc2ccccc2)cc1. The molecule has 2 aromatic rings. The summed E-state index contributed by atoms with van der Waals surface area (Å²) in [5, 5.41) is 0. The lowest BCUT2D eigenvalue weighted by Gasteiger charge is -2.37. The molecule has 116 valence electrons. The minimum absolute atomic E-state index is 0.250. The highest BCUT2D eigenvalue weighted by molar-refractivity contribution is 5.42. The van der Waals surface area contributed by atoms with Crippen molar-refractivity contribution < 1.29 is 9.53 Å². The highest BCUT2D eigenvalue weighted by Crippen LogP contribution is 2.28. The minimum atomic E-state index is 0.250. The maximum Gasteiger partial charge on any atom is 0.204 e. The third-order valence-electron chi connectivity index (χ3n) is 3.95. The number of carbonyl (C=O) groups excluding carboxylic acids is 1. The van der Waals surface area contributed by atoms with Gasteiger partial charge in [-0.2, -0.15) is 0 Å². The van der Waals surface area contributed by atoms with Gasteiger partial charge in [0.05, 0.1) is 12.7 Å². The van der Waals surface area contributed by atoms with Crippen molar-refractivity contribution in [2.45, 2.75) is 25.4 Å². The van der Waals surface area contributed by atoms with E-state index >= 15 is 0 Å². The fourth-order valence-electron chi connectivity index (χ4n) is 2.75. The van der Waals surface area contributed by atoms with Crippen LogP contribution in [0.4, 0.5) is 0 Å². The summed E-state index contributed by atoms with van der Waals surface area (Å²) in [4.78, 5) is 8.58. The first kappa shape index (κ1) is 16.2. The second kappa shape index (κ2) is 9.00. The van der Waals surface area contributed by atoms with Crippen LogP contribution in [0.1, 0.15) is 17.5 Å². The number of primary amides is 1. The molecule has 0 aliphatic carbocycles. The van der Waals surface area contributed by atoms with Gasteiger partial charge in [-0.05, 0) is 30.4 Å². The zero-order chi connectivity index (χ0) is 15.6. The number of carbonyl (C=O) groups is 1. The zero-order valence-corrected chi connectivity index (χ0v) is 12.7. The fourth-order valence-corrected chi connectivity index (χ4v) is 2.75. The smallest absolute Gasteiger partial charge is 0.204 e. The van der Waals surface area contributed by atoms with E-state index in [-0.39, 0.29) is 6.41 Å². The van der Waals surface area contributed by atoms with Crippen LogP contribution < -0.4 is 5.73 Å². The van der Waals surface area contributed by atoms with E-state index in [0.29, 0.717) is 12.0 Å². The van der Waals surface area contributed by atoms with Gasteiger partial charge in [0.2, 0.25) is 6.41 Å². The molecule has 0 saturated carbocycles. The van der Waals surface area contributed by atoms with Crippen molar-refractivity contribution in [1.29, 1.82) is 0 Å². The van der Waals surface area contributed by atoms with Crippen LogP contribution in [0.25, 0.3) is 0 Å². The highest BCUT2D eigenvalue weighted by Gasteiger charge is 2.31. The van der Waals surface area contributed by atoms with Crippen LogP contribution in [0.2, 0.25) is 0 Å². The molecule has 1 aliphatic heterocycles. The Labute approximate surface area is 132 Å². The van der Waals surface area contributed by atoms with E-state index in [1.807, 2.05) is 0 Å². The van der Waals surface area contributed by atoms with Crippen molar-refractivity contribution in [2.75, 3.05) is 6.61 Å². The summed E-state index contributed by atoms with van der Waals surface area (Å²) in [7, 11) is 0. The van der Waals surface area contributed by atoms with Gasteiger partial charge in [-0.1, -0.05) is 60.7 Å². The molecule has 1 aliphatic rings. The second-order valence-corrected chi connectivity index (χ2v) is 5.48. The highest BCUT2D eigenvalue weighted by atomic mass is 16.5. The molecule has 3 rings (SSSR count). The Hall–Kier alpha value is -2.13. The van der Waals surface area contributed by atoms with E-state index in [4.69, 9.17) is 9.53 Å². The Morgan fingerprint density at radius 1 is 1.00 bits per heavy atom. The number of ether oxygens (including phenoxy) is 1. The standard InChI is InChI=1S/C18H20O.CH3NO/c1-3-7-15(8-4-1)11-12-18-17(14-19-18)13-16-9-5-2-6-10-16;2-1-3/h1-10,17-18H,11-14H2;1H,(H2,2,3). The molecular weight excluding hydrogens is 274 g/mol. The van der Waals surface area contributed by atoms with Crippen molar-refractivity contribution in [1.82, 2.24) is 0 Å². The molecule has 0 spiro atoms. The Bertz CT molecular complexity index is 542. The van der Waals surface area contributed by atoms with Crippen molar-refractivity contribution >= 4 is 6.41 Å². The number of aryl methyl sites for hydroxylation is 1. The predicted octanol–water partition coefficient (Wildman–Crippen LogP) is 2.98. The second-order valence-electron chi connectivity index (χ2n) is 5.48. The Morgan fingerprint density at radius 2 is 1.55 bits per heavy atom. The molecule has 3 nitrogen and oxygen atoms in total. The van der Waals surface area contributed by atoms with Crippen LogP contribution in [0.5, 0.6) is 0 Å². The van der Waals surface area contributed by atoms with Gasteiger partial charge in [-0.25, -0.2) is 0 Å². The molecule has 0 radical (unpaired) electrons. The first-order valence-corrected chi connectivity index (χ1v) is 7.68. The van der Waals surface area contributed by atoms with E-state index in [1.165, 1.54) is 11.1 Å². The summed E-state index contributed by atoms with van der Waals surface area (Å²) in [6.07, 6.45) is 4.11. The van der Waals surface area contributed by atoms with Gasteiger partial charge in [0.1, 0.15) is 0 Å². The van der Waals surface area contributed by atoms with Crippen LogP contribution in [-0.4, -0.2) is 19.1 Å². The monoisotopic (exact) mass is 297 g/mol. The third kappa shape index (κ3) is 5.01. The van der Waals surface area contributed by atoms with Gasteiger partial charge in [0.25, 0.3) is 0 Å². The lowest BCUT2D eigenvalue weighted by molar-refractivity contribution is -0.116. The molecule has 1 saturated heterocycles. The van der Waals surface area contributed by atoms with Gasteiger partial charge in [-0.3, -0.25) is 4.79 Å². The minimum Gasteiger partial charge on any atom is -0.377 e. The van der Waals surface area contributed by atoms with Crippen LogP contribution in [0.15, 0.2) is 60.7 Å². The third-order valence-corrected chi connectivity index (χ3v) is 3.95. The van der Waals surface area contributed by atoms with E-state index in [1.54, 1.807) is 0 Å². The normalized spacial score (nSPS) is 19.5. The number of rotatable bonds is 5. The molecule has 1 fully saturated rings. The molecule has 2 unspecified atom stereocenters. The molecule has 1 heterocycles. The fraction of sp³-hybridized carbons (Fsp3) is 0.316. The van der Waals surface area contributed by atoms with Gasteiger partial charge >= 0.3 is 0 Å². The Morgan fingerprint density at radius 3 is 2.05 bits per heavy atom. The van der Waals surface area contributed by atoms with Gasteiger partial charge in [0, 0.05) is 5.92 Å². The topological polar surface area (TPSA) is 52.3 Å². The Balaban J connectivity index is 0.000000545. The number of nitrogens with two attached hydrogens (primary N) is 1. The first-order chi connectivity index (χ1) is 10.8. The van der Waals surface area contributed by atoms with Crippen molar-refractivity contribution in [3.05, 3.63) is 71.8 Å². The van der Waals surface area contributed by atoms with E-state index in [9.17, 15) is 0 Å². The molecule has 3 heteroatoms. The summed E-state index contributed by atoms with van der Waals surface area (Å²) in [6.45, 7) is 0.925. The number of hydrogen-bond donors (Lipinski definition) is 1. The molecule has 0 bridgehead atoms. The van der Waals surface area contributed by atoms with Crippen molar-refractivity contribution in [3.8, 4) is 0 Å². The number of amides is 1. The van der Waals surface area contributed by atoms with Gasteiger partial charge < -0.3 is 10.5 Å². The maximum atomic E-state index is 8.58. The summed E-state index contributed by atoms with van der Waals surface area (Å²) in [5.41, 5.74) is 7.01. The van der Waals surface area contributed by atoms with Crippen LogP contribution in [-0.2, 0) is 22.4 Å². The average Bonchev–Trinajstić information content (AvgIpc) is 2.55. The van der Waals surface area contributed by atoms with E-state index in [0.717, 1.165) is 25.9 Å². The largest absolute Gasteiger partial charge is 0.377 e. The summed E-state index contributed by atoms with van der Waals surface area (Å²) >= 11 is 0. The lowest BCUT2D eigenvalue weighted by Crippen LogP contribution is -2.41. The molecule has 2 aromatic carbocycles. The molecular formula is C19H23NO2. The number of hydrogen-bond acceptors (Lipinski definition) is 2. The van der Waals surface area contributed by atoms with Gasteiger partial charge in [-0.15, -0.1) is 0 Å². The maximum absolute atomic E-state index is 8.58. The van der Waals surface area contributed by atoms with Crippen molar-refractivity contribution in [2.24, 2.45) is 11.7 Å². The molecule has 22 heavy (non-hydrogen) atoms. The molecule has 1 amide bonds. The van der Waals surface area contributed by atoms with E-state index < -0.39 is 0 Å². The molecule has 2 N–H and O–H groups in total. The lowest BCUT2D eigenvalue weighted by atomic mass is 9.87. The predicted molar refractivity (Wildman–Crippen MR) is 88.4 cm³/mol. The summed E-state index contributed by atoms with van der Waals surface area (Å²) < 4.78 is 5.74.